The monoisotopic (exact) mass is 291 g/mol. The molecule has 2 aromatic heterocycles. The molecule has 0 N–H and O–H groups in total. The summed E-state index contributed by atoms with van der Waals surface area (Å²) in [6.07, 6.45) is 2.12. The summed E-state index contributed by atoms with van der Waals surface area (Å²) in [5, 5.41) is 4.60. The molecule has 92 valence electrons. The van der Waals surface area contributed by atoms with Crippen LogP contribution in [0.1, 0.15) is 19.9 Å². The minimum absolute atomic E-state index is 0.409. The summed E-state index contributed by atoms with van der Waals surface area (Å²) < 4.78 is 4.57. The number of hydrogen-bond donors (Lipinski definition) is 0. The molecule has 0 radical (unpaired) electrons. The summed E-state index contributed by atoms with van der Waals surface area (Å²) >= 11 is 5.67. The van der Waals surface area contributed by atoms with Crippen molar-refractivity contribution in [3.05, 3.63) is 40.4 Å². The zero-order valence-electron chi connectivity index (χ0n) is 10.2. The molecule has 0 aliphatic carbocycles. The molecule has 0 spiro atoms. The highest BCUT2D eigenvalue weighted by atomic mass is 32.9. The summed E-state index contributed by atoms with van der Waals surface area (Å²) in [4.78, 5) is 0. The van der Waals surface area contributed by atoms with Gasteiger partial charge in [0.25, 0.3) is 0 Å². The molecule has 0 fully saturated rings. The minimum Gasteiger partial charge on any atom is -0.344 e. The Bertz CT molecular complexity index is 790. The molecule has 1 nitrogen and oxygen atoms in total. The maximum atomic E-state index is 5.67. The average molecular weight is 291 g/mol. The molecular formula is C14H13NS3. The van der Waals surface area contributed by atoms with Crippen LogP contribution >= 0.6 is 32.9 Å². The molecule has 0 unspecified atom stereocenters. The van der Waals surface area contributed by atoms with E-state index in [2.05, 4.69) is 54.3 Å². The Hall–Kier alpha value is -0.970. The Morgan fingerprint density at radius 2 is 2.00 bits per heavy atom. The van der Waals surface area contributed by atoms with E-state index in [-0.39, 0.29) is 0 Å². The maximum Gasteiger partial charge on any atom is 0.0708 e. The van der Waals surface area contributed by atoms with Crippen molar-refractivity contribution in [3.63, 3.8) is 0 Å². The van der Waals surface area contributed by atoms with Crippen LogP contribution in [0, 0.1) is 4.51 Å². The molecule has 0 amide bonds. The number of nitrogens with zero attached hydrogens (tertiary/aromatic N) is 1. The topological polar surface area (TPSA) is 4.93 Å². The van der Waals surface area contributed by atoms with Crippen molar-refractivity contribution in [2.75, 3.05) is 0 Å². The van der Waals surface area contributed by atoms with Crippen LogP contribution in [0.3, 0.4) is 0 Å². The van der Waals surface area contributed by atoms with Gasteiger partial charge in [0.15, 0.2) is 0 Å². The highest BCUT2D eigenvalue weighted by Gasteiger charge is 2.10. The van der Waals surface area contributed by atoms with E-state index >= 15 is 0 Å². The summed E-state index contributed by atoms with van der Waals surface area (Å²) in [6.45, 7) is 4.38. The highest BCUT2D eigenvalue weighted by Crippen LogP contribution is 2.35. The molecular weight excluding hydrogens is 278 g/mol. The molecule has 3 rings (SSSR count). The van der Waals surface area contributed by atoms with Crippen LogP contribution in [0.4, 0.5) is 0 Å². The van der Waals surface area contributed by atoms with Crippen molar-refractivity contribution in [2.45, 2.75) is 19.9 Å². The van der Waals surface area contributed by atoms with Gasteiger partial charge in [-0.05, 0) is 26.0 Å². The third-order valence-corrected chi connectivity index (χ3v) is 5.55. The van der Waals surface area contributed by atoms with E-state index in [1.54, 1.807) is 20.7 Å². The van der Waals surface area contributed by atoms with Gasteiger partial charge in [0.1, 0.15) is 0 Å². The zero-order chi connectivity index (χ0) is 12.7. The number of aromatic nitrogens is 1. The van der Waals surface area contributed by atoms with Crippen molar-refractivity contribution < 1.29 is 0 Å². The summed E-state index contributed by atoms with van der Waals surface area (Å²) in [6, 6.07) is 8.91. The fourth-order valence-corrected chi connectivity index (χ4v) is 4.70. The molecule has 0 saturated heterocycles. The van der Waals surface area contributed by atoms with Gasteiger partial charge in [-0.25, -0.2) is 0 Å². The first kappa shape index (κ1) is 12.1. The first-order valence-electron chi connectivity index (χ1n) is 5.87. The van der Waals surface area contributed by atoms with Crippen LogP contribution in [0.2, 0.25) is 0 Å². The predicted octanol–water partition coefficient (Wildman–Crippen LogP) is 5.79. The molecule has 3 aromatic rings. The van der Waals surface area contributed by atoms with Crippen molar-refractivity contribution in [1.29, 1.82) is 0 Å². The van der Waals surface area contributed by atoms with Gasteiger partial charge in [-0.1, -0.05) is 45.0 Å². The standard InChI is InChI=1S/C14H13NS3/c1-9(2)15-7-4-3-5-10-12(15)13(16)11-6-8-17-18-14(10)11/h3-9H,1-2H3. The Morgan fingerprint density at radius 3 is 2.78 bits per heavy atom. The zero-order valence-corrected chi connectivity index (χ0v) is 12.7. The predicted molar refractivity (Wildman–Crippen MR) is 85.2 cm³/mol. The lowest BCUT2D eigenvalue weighted by Gasteiger charge is -2.09. The molecule has 0 aliphatic rings. The molecule has 0 atom stereocenters. The Kier molecular flexibility index (Phi) is 3.09. The summed E-state index contributed by atoms with van der Waals surface area (Å²) in [5.74, 6) is 0. The van der Waals surface area contributed by atoms with Gasteiger partial charge < -0.3 is 4.57 Å². The third kappa shape index (κ3) is 1.76. The van der Waals surface area contributed by atoms with Gasteiger partial charge in [-0.2, -0.15) is 0 Å². The van der Waals surface area contributed by atoms with Gasteiger partial charge in [0, 0.05) is 28.4 Å². The van der Waals surface area contributed by atoms with Crippen molar-refractivity contribution >= 4 is 53.9 Å². The first-order valence-corrected chi connectivity index (χ1v) is 8.49. The van der Waals surface area contributed by atoms with Crippen LogP contribution in [-0.2, 0) is 0 Å². The first-order chi connectivity index (χ1) is 8.70. The van der Waals surface area contributed by atoms with E-state index in [0.29, 0.717) is 6.04 Å². The molecule has 18 heavy (non-hydrogen) atoms. The quantitative estimate of drug-likeness (QED) is 0.406. The van der Waals surface area contributed by atoms with Crippen LogP contribution in [0.5, 0.6) is 0 Å². The smallest absolute Gasteiger partial charge is 0.0708 e. The van der Waals surface area contributed by atoms with Crippen LogP contribution in [0.25, 0.3) is 21.0 Å². The van der Waals surface area contributed by atoms with Crippen LogP contribution in [-0.4, -0.2) is 4.57 Å². The van der Waals surface area contributed by atoms with E-state index in [1.165, 1.54) is 21.0 Å². The molecule has 0 aliphatic heterocycles. The second-order valence-corrected chi connectivity index (χ2v) is 7.04. The van der Waals surface area contributed by atoms with E-state index in [0.717, 1.165) is 4.51 Å². The Labute approximate surface area is 118 Å². The second kappa shape index (κ2) is 4.61. The Balaban J connectivity index is 2.66. The van der Waals surface area contributed by atoms with Crippen LogP contribution in [0.15, 0.2) is 35.8 Å². The lowest BCUT2D eigenvalue weighted by molar-refractivity contribution is 0.620. The summed E-state index contributed by atoms with van der Waals surface area (Å²) in [7, 11) is 3.56. The number of hydrogen-bond acceptors (Lipinski definition) is 3. The van der Waals surface area contributed by atoms with E-state index in [1.807, 2.05) is 0 Å². The Morgan fingerprint density at radius 1 is 1.17 bits per heavy atom. The van der Waals surface area contributed by atoms with E-state index in [4.69, 9.17) is 12.2 Å². The molecule has 0 bridgehead atoms. The summed E-state index contributed by atoms with van der Waals surface area (Å²) in [5.41, 5.74) is 1.19. The maximum absolute atomic E-state index is 5.67. The lowest BCUT2D eigenvalue weighted by atomic mass is 10.3. The molecule has 4 heteroatoms. The highest BCUT2D eigenvalue weighted by molar-refractivity contribution is 7.72. The van der Waals surface area contributed by atoms with Crippen molar-refractivity contribution in [2.24, 2.45) is 0 Å². The van der Waals surface area contributed by atoms with Gasteiger partial charge in [-0.15, -0.1) is 0 Å². The van der Waals surface area contributed by atoms with Gasteiger partial charge in [-0.3, -0.25) is 0 Å². The molecule has 2 heterocycles. The SMILES string of the molecule is CC(C)n1ccccc2c3ssccc3c(=S)c21. The lowest BCUT2D eigenvalue weighted by Crippen LogP contribution is -1.99. The molecule has 0 saturated carbocycles. The fraction of sp³-hybridized carbons (Fsp3) is 0.214. The van der Waals surface area contributed by atoms with Gasteiger partial charge >= 0.3 is 0 Å². The van der Waals surface area contributed by atoms with Gasteiger partial charge in [0.05, 0.1) is 14.7 Å². The normalized spacial score (nSPS) is 11.5. The third-order valence-electron chi connectivity index (χ3n) is 3.06. The minimum atomic E-state index is 0.409. The number of fused-ring (bicyclic) bond motifs is 3. The largest absolute Gasteiger partial charge is 0.344 e. The van der Waals surface area contributed by atoms with E-state index in [9.17, 15) is 0 Å². The second-order valence-electron chi connectivity index (χ2n) is 4.52. The van der Waals surface area contributed by atoms with E-state index < -0.39 is 0 Å². The fourth-order valence-electron chi connectivity index (χ4n) is 2.23. The van der Waals surface area contributed by atoms with Crippen molar-refractivity contribution in [1.82, 2.24) is 4.57 Å². The average Bonchev–Trinajstić information content (AvgIpc) is 2.55. The van der Waals surface area contributed by atoms with Crippen molar-refractivity contribution in [3.8, 4) is 0 Å². The van der Waals surface area contributed by atoms with Crippen LogP contribution < -0.4 is 0 Å². The van der Waals surface area contributed by atoms with Gasteiger partial charge in [0.2, 0.25) is 0 Å². The number of rotatable bonds is 1. The molecule has 1 aromatic carbocycles.